The molecule has 39 heavy (non-hydrogen) atoms. The van der Waals surface area contributed by atoms with Gasteiger partial charge in [0.1, 0.15) is 12.0 Å². The van der Waals surface area contributed by atoms with Crippen molar-refractivity contribution in [3.05, 3.63) is 81.5 Å². The van der Waals surface area contributed by atoms with Gasteiger partial charge >= 0.3 is 17.4 Å². The Kier molecular flexibility index (Phi) is 6.45. The van der Waals surface area contributed by atoms with E-state index in [2.05, 4.69) is 25.5 Å². The zero-order valence-electron chi connectivity index (χ0n) is 19.9. The van der Waals surface area contributed by atoms with Gasteiger partial charge in [-0.2, -0.15) is 0 Å². The van der Waals surface area contributed by atoms with Gasteiger partial charge in [-0.25, -0.2) is 0 Å². The van der Waals surface area contributed by atoms with Gasteiger partial charge in [0.25, 0.3) is 11.8 Å². The monoisotopic (exact) mass is 533 g/mol. The summed E-state index contributed by atoms with van der Waals surface area (Å²) in [6, 6.07) is 10.8. The number of para-hydroxylation sites is 1. The highest BCUT2D eigenvalue weighted by Gasteiger charge is 2.39. The maximum atomic E-state index is 13.2. The molecular weight excluding hydrogens is 514 g/mol. The molecule has 0 spiro atoms. The van der Waals surface area contributed by atoms with Crippen molar-refractivity contribution in [2.75, 3.05) is 5.32 Å². The normalized spacial score (nSPS) is 12.6. The van der Waals surface area contributed by atoms with E-state index in [4.69, 9.17) is 5.11 Å². The van der Waals surface area contributed by atoms with Gasteiger partial charge in [0.2, 0.25) is 5.69 Å². The third-order valence-electron chi connectivity index (χ3n) is 6.02. The predicted molar refractivity (Wildman–Crippen MR) is 128 cm³/mol. The van der Waals surface area contributed by atoms with Crippen molar-refractivity contribution in [2.45, 2.75) is 25.3 Å². The van der Waals surface area contributed by atoms with Gasteiger partial charge in [0, 0.05) is 24.1 Å². The van der Waals surface area contributed by atoms with Gasteiger partial charge < -0.3 is 30.9 Å². The number of carbonyl (C=O) groups excluding carboxylic acids is 3. The molecule has 15 nitrogen and oxygen atoms in total. The second-order valence-electron chi connectivity index (χ2n) is 8.55. The van der Waals surface area contributed by atoms with E-state index in [0.717, 1.165) is 4.80 Å². The summed E-state index contributed by atoms with van der Waals surface area (Å²) >= 11 is 0. The van der Waals surface area contributed by atoms with E-state index in [1.165, 1.54) is 36.4 Å². The fourth-order valence-corrected chi connectivity index (χ4v) is 4.19. The van der Waals surface area contributed by atoms with Crippen LogP contribution in [-0.4, -0.2) is 50.3 Å². The van der Waals surface area contributed by atoms with E-state index in [9.17, 15) is 29.6 Å². The van der Waals surface area contributed by atoms with Crippen LogP contribution < -0.4 is 20.4 Å². The molecule has 2 aromatic heterocycles. The summed E-state index contributed by atoms with van der Waals surface area (Å²) in [6.45, 7) is 0. The first-order valence-corrected chi connectivity index (χ1v) is 11.6. The molecule has 0 radical (unpaired) electrons. The highest BCUT2D eigenvalue weighted by atomic mass is 16.8. The maximum absolute atomic E-state index is 13.2. The summed E-state index contributed by atoms with van der Waals surface area (Å²) in [4.78, 5) is 49.5. The number of aldehydes is 1. The van der Waals surface area contributed by atoms with E-state index >= 15 is 0 Å². The van der Waals surface area contributed by atoms with Gasteiger partial charge in [-0.05, 0) is 40.0 Å². The Labute approximate surface area is 218 Å². The first-order valence-electron chi connectivity index (χ1n) is 11.6. The van der Waals surface area contributed by atoms with Crippen LogP contribution in [0.5, 0.6) is 0 Å². The molecule has 1 unspecified atom stereocenters. The van der Waals surface area contributed by atoms with Crippen molar-refractivity contribution in [3.8, 4) is 17.1 Å². The molecule has 3 N–H and O–H groups in total. The van der Waals surface area contributed by atoms with Crippen LogP contribution >= 0.6 is 0 Å². The molecule has 0 saturated heterocycles. The zero-order chi connectivity index (χ0) is 27.7. The lowest BCUT2D eigenvalue weighted by molar-refractivity contribution is -0.808. The van der Waals surface area contributed by atoms with Gasteiger partial charge in [-0.15, -0.1) is 4.85 Å². The molecular formula is C24H19N7O8. The molecule has 0 bridgehead atoms. The van der Waals surface area contributed by atoms with Crippen molar-refractivity contribution < 1.29 is 38.7 Å². The van der Waals surface area contributed by atoms with E-state index in [1.54, 1.807) is 12.1 Å². The standard InChI is InChI=1S/C24H19N7O8/c32-12-15(11-20(33)34)26-23(35)13-4-3-5-14(10-13)25-24(36)16-6-1-2-7-17(16)29-27-21-18(30(29)37)8-9-19-22(21)28-39-31(19)38/h1-7,10,12,15H,8-9,11H2,(H,25,36)(H,26,35)(H,33,34). The summed E-state index contributed by atoms with van der Waals surface area (Å²) in [5.41, 5.74) is 1.39. The van der Waals surface area contributed by atoms with Crippen LogP contribution in [0.3, 0.4) is 0 Å². The number of carboxylic acids is 1. The van der Waals surface area contributed by atoms with Crippen molar-refractivity contribution in [1.29, 1.82) is 0 Å². The fourth-order valence-electron chi connectivity index (χ4n) is 4.19. The number of amides is 2. The van der Waals surface area contributed by atoms with E-state index < -0.39 is 30.2 Å². The number of aromatic nitrogens is 5. The Morgan fingerprint density at radius 2 is 1.85 bits per heavy atom. The summed E-state index contributed by atoms with van der Waals surface area (Å²) in [7, 11) is 0. The average molecular weight is 533 g/mol. The van der Waals surface area contributed by atoms with Gasteiger partial charge in [-0.1, -0.05) is 18.2 Å². The topological polar surface area (TPSA) is 210 Å². The lowest BCUT2D eigenvalue weighted by atomic mass is 10.0. The number of anilines is 1. The molecule has 0 saturated carbocycles. The number of carbonyl (C=O) groups is 4. The number of hydrogen-bond acceptors (Lipinski definition) is 9. The Hall–Kier alpha value is -5.60. The minimum absolute atomic E-state index is 0.0782. The minimum atomic E-state index is -1.25. The van der Waals surface area contributed by atoms with Crippen LogP contribution in [-0.2, 0) is 22.4 Å². The molecule has 2 heterocycles. The van der Waals surface area contributed by atoms with Crippen LogP contribution in [0.2, 0.25) is 0 Å². The first-order chi connectivity index (χ1) is 18.8. The van der Waals surface area contributed by atoms with E-state index in [1.807, 2.05) is 0 Å². The molecule has 1 aliphatic carbocycles. The molecule has 2 amide bonds. The Morgan fingerprint density at radius 3 is 2.62 bits per heavy atom. The van der Waals surface area contributed by atoms with Crippen molar-refractivity contribution in [2.24, 2.45) is 0 Å². The largest absolute Gasteiger partial charge is 0.692 e. The quantitative estimate of drug-likeness (QED) is 0.156. The van der Waals surface area contributed by atoms with Crippen molar-refractivity contribution >= 4 is 29.8 Å². The Balaban J connectivity index is 1.40. The van der Waals surface area contributed by atoms with Crippen LogP contribution in [0.1, 0.15) is 38.5 Å². The predicted octanol–water partition coefficient (Wildman–Crippen LogP) is -0.0830. The van der Waals surface area contributed by atoms with E-state index in [0.29, 0.717) is 11.1 Å². The molecule has 4 aromatic rings. The molecule has 2 aromatic carbocycles. The molecule has 0 aliphatic heterocycles. The third-order valence-corrected chi connectivity index (χ3v) is 6.02. The minimum Gasteiger partial charge on any atom is -0.692 e. The van der Waals surface area contributed by atoms with E-state index in [-0.39, 0.29) is 63.0 Å². The number of carboxylic acid groups (broad SMARTS) is 1. The number of hydrogen-bond donors (Lipinski definition) is 3. The zero-order valence-corrected chi connectivity index (χ0v) is 19.9. The molecule has 198 valence electrons. The third kappa shape index (κ3) is 4.75. The van der Waals surface area contributed by atoms with Crippen molar-refractivity contribution in [3.63, 3.8) is 0 Å². The molecule has 1 atom stereocenters. The number of benzene rings is 2. The van der Waals surface area contributed by atoms with Crippen LogP contribution in [0.15, 0.2) is 53.2 Å². The Bertz CT molecular complexity index is 1630. The lowest BCUT2D eigenvalue weighted by Crippen LogP contribution is -2.42. The fraction of sp³-hybridized carbons (Fsp3) is 0.167. The van der Waals surface area contributed by atoms with Crippen LogP contribution in [0.4, 0.5) is 5.69 Å². The molecule has 1 aliphatic rings. The number of nitrogens with zero attached hydrogens (tertiary/aromatic N) is 5. The summed E-state index contributed by atoms with van der Waals surface area (Å²) in [5.74, 6) is -2.57. The Morgan fingerprint density at radius 1 is 1.08 bits per heavy atom. The highest BCUT2D eigenvalue weighted by Crippen LogP contribution is 2.28. The molecule has 15 heteroatoms. The molecule has 0 fully saturated rings. The van der Waals surface area contributed by atoms with Crippen LogP contribution in [0, 0.1) is 10.4 Å². The smallest absolute Gasteiger partial charge is 0.305 e. The second-order valence-corrected chi connectivity index (χ2v) is 8.55. The van der Waals surface area contributed by atoms with Crippen molar-refractivity contribution in [1.82, 2.24) is 20.4 Å². The SMILES string of the molecule is O=CC(CC(=O)O)NC(=O)c1cccc(NC(=O)c2ccccc2-n2nc3c([n+]2[O-])CCc2c-3no[n+]2[O-])c1. The summed E-state index contributed by atoms with van der Waals surface area (Å²) in [5, 5.41) is 46.7. The summed E-state index contributed by atoms with van der Waals surface area (Å²) in [6.07, 6.45) is 0.203. The lowest BCUT2D eigenvalue weighted by Gasteiger charge is -2.13. The van der Waals surface area contributed by atoms with Crippen LogP contribution in [0.25, 0.3) is 17.1 Å². The summed E-state index contributed by atoms with van der Waals surface area (Å²) < 4.78 is 4.64. The average Bonchev–Trinajstić information content (AvgIpc) is 3.47. The van der Waals surface area contributed by atoms with Gasteiger partial charge in [-0.3, -0.25) is 19.0 Å². The second kappa shape index (κ2) is 10.0. The number of nitrogens with one attached hydrogen (secondary N) is 2. The van der Waals surface area contributed by atoms with Gasteiger partial charge in [0.15, 0.2) is 5.69 Å². The number of aliphatic carboxylic acids is 1. The maximum Gasteiger partial charge on any atom is 0.305 e. The highest BCUT2D eigenvalue weighted by molar-refractivity contribution is 6.07. The molecule has 5 rings (SSSR count). The number of rotatable bonds is 8. The number of fused-ring (bicyclic) bond motifs is 3. The van der Waals surface area contributed by atoms with Gasteiger partial charge in [0.05, 0.1) is 28.3 Å². The first kappa shape index (κ1) is 25.1.